The van der Waals surface area contributed by atoms with Crippen molar-refractivity contribution in [1.29, 1.82) is 0 Å². The predicted molar refractivity (Wildman–Crippen MR) is 118 cm³/mol. The Morgan fingerprint density at radius 2 is 1.61 bits per heavy atom. The standard InChI is InChI=1S/C24H32N2O5/c1-16(2)12-20(25)22(30-15-18-6-4-3-5-7-18)14-23(28)31-24(29)21(26)13-17-8-10-19(27)11-9-17/h3-11,16,20-22,27H,12-15,25-26H2,1-2H3/t20-,21-,22-/m0/s1. The maximum Gasteiger partial charge on any atom is 0.330 e. The fourth-order valence-corrected chi connectivity index (χ4v) is 3.17. The van der Waals surface area contributed by atoms with Gasteiger partial charge in [-0.05, 0) is 42.0 Å². The van der Waals surface area contributed by atoms with Gasteiger partial charge in [0.05, 0.1) is 19.1 Å². The van der Waals surface area contributed by atoms with Gasteiger partial charge in [-0.1, -0.05) is 56.3 Å². The van der Waals surface area contributed by atoms with Crippen LogP contribution >= 0.6 is 0 Å². The first-order valence-electron chi connectivity index (χ1n) is 10.4. The molecule has 0 saturated carbocycles. The Kier molecular flexibility index (Phi) is 9.65. The van der Waals surface area contributed by atoms with Crippen LogP contribution in [0, 0.1) is 5.92 Å². The summed E-state index contributed by atoms with van der Waals surface area (Å²) < 4.78 is 10.9. The minimum Gasteiger partial charge on any atom is -0.508 e. The lowest BCUT2D eigenvalue weighted by Crippen LogP contribution is -2.41. The van der Waals surface area contributed by atoms with Crippen LogP contribution in [0.25, 0.3) is 0 Å². The van der Waals surface area contributed by atoms with Gasteiger partial charge in [-0.25, -0.2) is 4.79 Å². The van der Waals surface area contributed by atoms with Crippen LogP contribution < -0.4 is 11.5 Å². The summed E-state index contributed by atoms with van der Waals surface area (Å²) in [6, 6.07) is 14.5. The van der Waals surface area contributed by atoms with Crippen LogP contribution in [-0.2, 0) is 32.1 Å². The molecule has 0 spiro atoms. The number of ether oxygens (including phenoxy) is 2. The Labute approximate surface area is 183 Å². The van der Waals surface area contributed by atoms with E-state index in [-0.39, 0.29) is 24.6 Å². The highest BCUT2D eigenvalue weighted by molar-refractivity contribution is 5.88. The number of nitrogens with two attached hydrogens (primary N) is 2. The third-order valence-corrected chi connectivity index (χ3v) is 4.80. The van der Waals surface area contributed by atoms with Gasteiger partial charge in [-0.2, -0.15) is 0 Å². The van der Waals surface area contributed by atoms with E-state index in [0.717, 1.165) is 11.1 Å². The number of esters is 2. The number of hydrogen-bond acceptors (Lipinski definition) is 7. The summed E-state index contributed by atoms with van der Waals surface area (Å²) in [5, 5.41) is 9.33. The molecule has 31 heavy (non-hydrogen) atoms. The zero-order chi connectivity index (χ0) is 22.8. The van der Waals surface area contributed by atoms with Crippen LogP contribution in [-0.4, -0.2) is 35.2 Å². The van der Waals surface area contributed by atoms with Gasteiger partial charge in [0.1, 0.15) is 11.8 Å². The number of hydrogen-bond donors (Lipinski definition) is 3. The van der Waals surface area contributed by atoms with Gasteiger partial charge >= 0.3 is 11.9 Å². The average molecular weight is 429 g/mol. The van der Waals surface area contributed by atoms with Crippen molar-refractivity contribution in [1.82, 2.24) is 0 Å². The Morgan fingerprint density at radius 1 is 0.968 bits per heavy atom. The zero-order valence-electron chi connectivity index (χ0n) is 18.1. The smallest absolute Gasteiger partial charge is 0.330 e. The molecule has 2 rings (SSSR count). The lowest BCUT2D eigenvalue weighted by atomic mass is 9.98. The summed E-state index contributed by atoms with van der Waals surface area (Å²) >= 11 is 0. The van der Waals surface area contributed by atoms with Gasteiger partial charge in [0.2, 0.25) is 0 Å². The lowest BCUT2D eigenvalue weighted by Gasteiger charge is -2.25. The van der Waals surface area contributed by atoms with Crippen LogP contribution in [0.15, 0.2) is 54.6 Å². The van der Waals surface area contributed by atoms with E-state index in [0.29, 0.717) is 18.9 Å². The van der Waals surface area contributed by atoms with Crippen molar-refractivity contribution < 1.29 is 24.2 Å². The quantitative estimate of drug-likeness (QED) is 0.371. The Bertz CT molecular complexity index is 824. The zero-order valence-corrected chi connectivity index (χ0v) is 18.1. The van der Waals surface area contributed by atoms with E-state index >= 15 is 0 Å². The van der Waals surface area contributed by atoms with Crippen molar-refractivity contribution in [2.45, 2.75) is 57.9 Å². The van der Waals surface area contributed by atoms with Gasteiger partial charge < -0.3 is 26.0 Å². The summed E-state index contributed by atoms with van der Waals surface area (Å²) in [5.74, 6) is -1.08. The maximum atomic E-state index is 12.4. The predicted octanol–water partition coefficient (Wildman–Crippen LogP) is 2.68. The second-order valence-corrected chi connectivity index (χ2v) is 8.10. The fraction of sp³-hybridized carbons (Fsp3) is 0.417. The maximum absolute atomic E-state index is 12.4. The largest absolute Gasteiger partial charge is 0.508 e. The number of benzene rings is 2. The molecule has 0 heterocycles. The normalized spacial score (nSPS) is 14.1. The molecule has 5 N–H and O–H groups in total. The molecule has 0 radical (unpaired) electrons. The first-order chi connectivity index (χ1) is 14.7. The summed E-state index contributed by atoms with van der Waals surface area (Å²) in [6.45, 7) is 4.38. The molecular formula is C24H32N2O5. The highest BCUT2D eigenvalue weighted by atomic mass is 16.6. The number of aromatic hydroxyl groups is 1. The Hall–Kier alpha value is -2.74. The van der Waals surface area contributed by atoms with Crippen LogP contribution in [0.5, 0.6) is 5.75 Å². The topological polar surface area (TPSA) is 125 Å². The Morgan fingerprint density at radius 3 is 2.23 bits per heavy atom. The molecule has 0 aliphatic rings. The fourth-order valence-electron chi connectivity index (χ4n) is 3.17. The van der Waals surface area contributed by atoms with E-state index in [1.807, 2.05) is 44.2 Å². The summed E-state index contributed by atoms with van der Waals surface area (Å²) in [5.41, 5.74) is 13.9. The van der Waals surface area contributed by atoms with Crippen molar-refractivity contribution in [2.24, 2.45) is 17.4 Å². The third kappa shape index (κ3) is 8.88. The molecule has 0 saturated heterocycles. The van der Waals surface area contributed by atoms with Crippen molar-refractivity contribution in [2.75, 3.05) is 0 Å². The number of phenols is 1. The van der Waals surface area contributed by atoms with Gasteiger partial charge in [0.25, 0.3) is 0 Å². The molecule has 0 aromatic heterocycles. The molecule has 0 amide bonds. The number of carbonyl (C=O) groups is 2. The second-order valence-electron chi connectivity index (χ2n) is 8.10. The minimum atomic E-state index is -0.999. The van der Waals surface area contributed by atoms with Crippen molar-refractivity contribution in [3.05, 3.63) is 65.7 Å². The molecule has 7 heteroatoms. The summed E-state index contributed by atoms with van der Waals surface area (Å²) in [6.07, 6.45) is 0.128. The molecule has 2 aromatic rings. The van der Waals surface area contributed by atoms with Crippen LogP contribution in [0.2, 0.25) is 0 Å². The summed E-state index contributed by atoms with van der Waals surface area (Å²) in [4.78, 5) is 24.6. The Balaban J connectivity index is 1.92. The SMILES string of the molecule is CC(C)C[C@H](N)[C@H](CC(=O)OC(=O)[C@@H](N)Cc1ccc(O)cc1)OCc1ccccc1. The van der Waals surface area contributed by atoms with E-state index in [1.165, 1.54) is 12.1 Å². The van der Waals surface area contributed by atoms with E-state index in [1.54, 1.807) is 12.1 Å². The van der Waals surface area contributed by atoms with Crippen LogP contribution in [0.3, 0.4) is 0 Å². The van der Waals surface area contributed by atoms with Crippen molar-refractivity contribution in [3.63, 3.8) is 0 Å². The van der Waals surface area contributed by atoms with Gasteiger partial charge in [0, 0.05) is 6.04 Å². The van der Waals surface area contributed by atoms with Crippen LogP contribution in [0.4, 0.5) is 0 Å². The van der Waals surface area contributed by atoms with E-state index in [2.05, 4.69) is 0 Å². The van der Waals surface area contributed by atoms with Crippen LogP contribution in [0.1, 0.15) is 37.8 Å². The minimum absolute atomic E-state index is 0.120. The molecular weight excluding hydrogens is 396 g/mol. The highest BCUT2D eigenvalue weighted by Gasteiger charge is 2.26. The second kappa shape index (κ2) is 12.2. The molecule has 2 aromatic carbocycles. The molecule has 3 atom stereocenters. The first-order valence-corrected chi connectivity index (χ1v) is 10.4. The van der Waals surface area contributed by atoms with Gasteiger partial charge in [0.15, 0.2) is 0 Å². The highest BCUT2D eigenvalue weighted by Crippen LogP contribution is 2.16. The van der Waals surface area contributed by atoms with E-state index in [4.69, 9.17) is 20.9 Å². The molecule has 7 nitrogen and oxygen atoms in total. The van der Waals surface area contributed by atoms with E-state index in [9.17, 15) is 14.7 Å². The van der Waals surface area contributed by atoms with E-state index < -0.39 is 24.1 Å². The number of phenolic OH excluding ortho intramolecular Hbond substituents is 1. The van der Waals surface area contributed by atoms with Crippen molar-refractivity contribution >= 4 is 11.9 Å². The van der Waals surface area contributed by atoms with Crippen molar-refractivity contribution in [3.8, 4) is 5.75 Å². The number of carbonyl (C=O) groups excluding carboxylic acids is 2. The molecule has 0 aliphatic carbocycles. The monoisotopic (exact) mass is 428 g/mol. The average Bonchev–Trinajstić information content (AvgIpc) is 2.72. The molecule has 168 valence electrons. The first kappa shape index (κ1) is 24.5. The molecule has 0 bridgehead atoms. The molecule has 0 fully saturated rings. The molecule has 0 aliphatic heterocycles. The molecule has 0 unspecified atom stereocenters. The number of rotatable bonds is 11. The summed E-state index contributed by atoms with van der Waals surface area (Å²) in [7, 11) is 0. The van der Waals surface area contributed by atoms with Gasteiger partial charge in [-0.15, -0.1) is 0 Å². The van der Waals surface area contributed by atoms with Gasteiger partial charge in [-0.3, -0.25) is 4.79 Å². The lowest BCUT2D eigenvalue weighted by molar-refractivity contribution is -0.162. The third-order valence-electron chi connectivity index (χ3n) is 4.80.